The van der Waals surface area contributed by atoms with Crippen molar-refractivity contribution < 1.29 is 0 Å². The average molecular weight is 272 g/mol. The highest BCUT2D eigenvalue weighted by atomic mass is 15.2. The van der Waals surface area contributed by atoms with Gasteiger partial charge in [0.2, 0.25) is 0 Å². The summed E-state index contributed by atoms with van der Waals surface area (Å²) in [5, 5.41) is 0. The predicted octanol–water partition coefficient (Wildman–Crippen LogP) is 3.38. The summed E-state index contributed by atoms with van der Waals surface area (Å²) in [6.07, 6.45) is 6.64. The molecule has 1 aromatic carbocycles. The quantitative estimate of drug-likeness (QED) is 0.914. The summed E-state index contributed by atoms with van der Waals surface area (Å²) in [4.78, 5) is 2.76. The van der Waals surface area contributed by atoms with Crippen LogP contribution in [0.25, 0.3) is 0 Å². The molecule has 0 radical (unpaired) electrons. The lowest BCUT2D eigenvalue weighted by Gasteiger charge is -2.43. The van der Waals surface area contributed by atoms with Gasteiger partial charge in [-0.2, -0.15) is 0 Å². The number of hydrogen-bond donors (Lipinski definition) is 1. The first kappa shape index (κ1) is 14.1. The summed E-state index contributed by atoms with van der Waals surface area (Å²) >= 11 is 0. The Morgan fingerprint density at radius 3 is 2.60 bits per heavy atom. The Morgan fingerprint density at radius 2 is 1.95 bits per heavy atom. The van der Waals surface area contributed by atoms with Crippen LogP contribution in [0.3, 0.4) is 0 Å². The van der Waals surface area contributed by atoms with Crippen molar-refractivity contribution in [1.29, 1.82) is 0 Å². The molecule has 4 atom stereocenters. The van der Waals surface area contributed by atoms with Gasteiger partial charge in [0, 0.05) is 12.1 Å². The lowest BCUT2D eigenvalue weighted by atomic mass is 9.74. The van der Waals surface area contributed by atoms with Crippen molar-refractivity contribution in [2.24, 2.45) is 11.7 Å². The molecule has 0 aromatic heterocycles. The Hall–Kier alpha value is -0.860. The minimum absolute atomic E-state index is 0.704. The van der Waals surface area contributed by atoms with Gasteiger partial charge in [0.05, 0.1) is 0 Å². The number of likely N-dealkylation sites (tertiary alicyclic amines) is 1. The van der Waals surface area contributed by atoms with Gasteiger partial charge in [-0.05, 0) is 69.5 Å². The molecule has 1 aliphatic carbocycles. The van der Waals surface area contributed by atoms with Gasteiger partial charge < -0.3 is 5.73 Å². The van der Waals surface area contributed by atoms with Gasteiger partial charge in [-0.15, -0.1) is 0 Å². The number of hydrogen-bond acceptors (Lipinski definition) is 2. The van der Waals surface area contributed by atoms with Gasteiger partial charge in [0.1, 0.15) is 0 Å². The van der Waals surface area contributed by atoms with Gasteiger partial charge in [0.15, 0.2) is 0 Å². The fraction of sp³-hybridized carbons (Fsp3) is 0.667. The van der Waals surface area contributed by atoms with Crippen LogP contribution in [-0.4, -0.2) is 30.1 Å². The highest BCUT2D eigenvalue weighted by Gasteiger charge is 2.37. The van der Waals surface area contributed by atoms with Crippen LogP contribution in [0.5, 0.6) is 0 Å². The van der Waals surface area contributed by atoms with E-state index in [2.05, 4.69) is 42.2 Å². The summed E-state index contributed by atoms with van der Waals surface area (Å²) in [6, 6.07) is 12.5. The highest BCUT2D eigenvalue weighted by molar-refractivity contribution is 5.20. The third-order valence-corrected chi connectivity index (χ3v) is 5.56. The third kappa shape index (κ3) is 2.77. The average Bonchev–Trinajstić information content (AvgIpc) is 2.93. The molecule has 1 aliphatic heterocycles. The highest BCUT2D eigenvalue weighted by Crippen LogP contribution is 2.39. The summed E-state index contributed by atoms with van der Waals surface area (Å²) < 4.78 is 0. The molecule has 2 aliphatic rings. The molecule has 0 amide bonds. The Balaban J connectivity index is 1.75. The number of benzene rings is 1. The topological polar surface area (TPSA) is 29.3 Å². The van der Waals surface area contributed by atoms with Gasteiger partial charge in [-0.3, -0.25) is 4.90 Å². The number of nitrogens with two attached hydrogens (primary N) is 1. The van der Waals surface area contributed by atoms with Crippen LogP contribution in [0, 0.1) is 5.92 Å². The molecule has 20 heavy (non-hydrogen) atoms. The molecule has 0 spiro atoms. The zero-order valence-electron chi connectivity index (χ0n) is 12.7. The molecular weight excluding hydrogens is 244 g/mol. The molecule has 4 unspecified atom stereocenters. The van der Waals surface area contributed by atoms with E-state index in [4.69, 9.17) is 5.73 Å². The molecule has 2 nitrogen and oxygen atoms in total. The summed E-state index contributed by atoms with van der Waals surface area (Å²) in [5.41, 5.74) is 7.59. The monoisotopic (exact) mass is 272 g/mol. The maximum Gasteiger partial charge on any atom is 0.0144 e. The van der Waals surface area contributed by atoms with E-state index in [1.54, 1.807) is 0 Å². The molecule has 2 heteroatoms. The van der Waals surface area contributed by atoms with E-state index in [-0.39, 0.29) is 0 Å². The lowest BCUT2D eigenvalue weighted by Crippen LogP contribution is -2.47. The van der Waals surface area contributed by atoms with E-state index in [1.165, 1.54) is 44.2 Å². The largest absolute Gasteiger partial charge is 0.330 e. The van der Waals surface area contributed by atoms with Crippen molar-refractivity contribution in [1.82, 2.24) is 4.90 Å². The Labute approximate surface area is 123 Å². The first-order chi connectivity index (χ1) is 9.79. The number of rotatable bonds is 3. The van der Waals surface area contributed by atoms with Crippen molar-refractivity contribution in [2.75, 3.05) is 13.1 Å². The molecular formula is C18H28N2. The summed E-state index contributed by atoms with van der Waals surface area (Å²) in [5.74, 6) is 1.44. The van der Waals surface area contributed by atoms with E-state index in [9.17, 15) is 0 Å². The normalized spacial score (nSPS) is 35.3. The Kier molecular flexibility index (Phi) is 4.42. The second kappa shape index (κ2) is 6.28. The zero-order chi connectivity index (χ0) is 13.9. The van der Waals surface area contributed by atoms with Crippen LogP contribution in [-0.2, 0) is 0 Å². The van der Waals surface area contributed by atoms with E-state index in [1.807, 2.05) is 0 Å². The molecule has 1 saturated carbocycles. The van der Waals surface area contributed by atoms with Crippen molar-refractivity contribution in [3.8, 4) is 0 Å². The third-order valence-electron chi connectivity index (χ3n) is 5.56. The summed E-state index contributed by atoms with van der Waals surface area (Å²) in [7, 11) is 0. The fourth-order valence-corrected chi connectivity index (χ4v) is 4.37. The minimum Gasteiger partial charge on any atom is -0.330 e. The fourth-order valence-electron chi connectivity index (χ4n) is 4.37. The molecule has 0 bridgehead atoms. The zero-order valence-corrected chi connectivity index (χ0v) is 12.7. The Bertz CT molecular complexity index is 417. The van der Waals surface area contributed by atoms with Crippen molar-refractivity contribution in [2.45, 2.75) is 57.0 Å². The Morgan fingerprint density at radius 1 is 1.15 bits per heavy atom. The molecule has 110 valence electrons. The van der Waals surface area contributed by atoms with Crippen molar-refractivity contribution >= 4 is 0 Å². The summed E-state index contributed by atoms with van der Waals surface area (Å²) in [6.45, 7) is 4.53. The minimum atomic E-state index is 0.704. The first-order valence-electron chi connectivity index (χ1n) is 8.30. The maximum absolute atomic E-state index is 6.06. The standard InChI is InChI=1S/C18H28N2/c1-14-6-5-11-20(14)18-12-16(9-10-17(18)13-19)15-7-3-2-4-8-15/h2-4,7-8,14,16-18H,5-6,9-13,19H2,1H3. The van der Waals surface area contributed by atoms with Crippen LogP contribution < -0.4 is 5.73 Å². The van der Waals surface area contributed by atoms with Crippen molar-refractivity contribution in [3.63, 3.8) is 0 Å². The molecule has 1 aromatic rings. The van der Waals surface area contributed by atoms with Gasteiger partial charge in [0.25, 0.3) is 0 Å². The number of nitrogens with zero attached hydrogens (tertiary/aromatic N) is 1. The smallest absolute Gasteiger partial charge is 0.0144 e. The second-order valence-electron chi connectivity index (χ2n) is 6.71. The van der Waals surface area contributed by atoms with Gasteiger partial charge >= 0.3 is 0 Å². The van der Waals surface area contributed by atoms with Crippen LogP contribution >= 0.6 is 0 Å². The lowest BCUT2D eigenvalue weighted by molar-refractivity contribution is 0.0924. The molecule has 1 heterocycles. The van der Waals surface area contributed by atoms with Crippen LogP contribution in [0.15, 0.2) is 30.3 Å². The van der Waals surface area contributed by atoms with E-state index < -0.39 is 0 Å². The predicted molar refractivity (Wildman–Crippen MR) is 84.8 cm³/mol. The molecule has 1 saturated heterocycles. The SMILES string of the molecule is CC1CCCN1C1CC(c2ccccc2)CCC1CN. The van der Waals surface area contributed by atoms with E-state index in [0.717, 1.165) is 18.5 Å². The maximum atomic E-state index is 6.06. The van der Waals surface area contributed by atoms with E-state index >= 15 is 0 Å². The molecule has 2 N–H and O–H groups in total. The molecule has 3 rings (SSSR count). The first-order valence-corrected chi connectivity index (χ1v) is 8.30. The second-order valence-corrected chi connectivity index (χ2v) is 6.71. The van der Waals surface area contributed by atoms with Gasteiger partial charge in [-0.25, -0.2) is 0 Å². The van der Waals surface area contributed by atoms with Crippen LogP contribution in [0.2, 0.25) is 0 Å². The van der Waals surface area contributed by atoms with Gasteiger partial charge in [-0.1, -0.05) is 30.3 Å². The van der Waals surface area contributed by atoms with Crippen molar-refractivity contribution in [3.05, 3.63) is 35.9 Å². The molecule has 2 fully saturated rings. The van der Waals surface area contributed by atoms with Crippen LogP contribution in [0.1, 0.15) is 50.5 Å². The van der Waals surface area contributed by atoms with Crippen LogP contribution in [0.4, 0.5) is 0 Å². The van der Waals surface area contributed by atoms with E-state index in [0.29, 0.717) is 12.0 Å².